The Labute approximate surface area is 172 Å². The molecule has 3 rings (SSSR count). The van der Waals surface area contributed by atoms with Crippen molar-refractivity contribution in [2.75, 3.05) is 23.3 Å². The highest BCUT2D eigenvalue weighted by Gasteiger charge is 2.25. The quantitative estimate of drug-likeness (QED) is 0.734. The molecule has 1 N–H and O–H groups in total. The summed E-state index contributed by atoms with van der Waals surface area (Å²) >= 11 is 0. The van der Waals surface area contributed by atoms with Crippen molar-refractivity contribution >= 4 is 27.3 Å². The van der Waals surface area contributed by atoms with Gasteiger partial charge in [0.05, 0.1) is 7.11 Å². The molecule has 0 bridgehead atoms. The second kappa shape index (κ2) is 8.45. The number of aryl methyl sites for hydroxylation is 3. The zero-order valence-electron chi connectivity index (χ0n) is 17.4. The molecule has 0 saturated heterocycles. The van der Waals surface area contributed by atoms with Gasteiger partial charge in [-0.05, 0) is 73.7 Å². The van der Waals surface area contributed by atoms with E-state index in [2.05, 4.69) is 11.6 Å². The minimum absolute atomic E-state index is 0.112. The molecule has 156 valence electrons. The molecule has 1 aliphatic rings. The van der Waals surface area contributed by atoms with E-state index in [1.54, 1.807) is 18.2 Å². The zero-order chi connectivity index (χ0) is 21.2. The Morgan fingerprint density at radius 1 is 1.10 bits per heavy atom. The first-order valence-corrected chi connectivity index (χ1v) is 11.4. The molecule has 6 nitrogen and oxygen atoms in total. The van der Waals surface area contributed by atoms with Crippen molar-refractivity contribution in [3.63, 3.8) is 0 Å². The topological polar surface area (TPSA) is 75.7 Å². The van der Waals surface area contributed by atoms with E-state index in [1.807, 2.05) is 30.9 Å². The maximum absolute atomic E-state index is 13.0. The first-order valence-electron chi connectivity index (χ1n) is 9.88. The molecule has 2 aromatic carbocycles. The molecule has 29 heavy (non-hydrogen) atoms. The highest BCUT2D eigenvalue weighted by molar-refractivity contribution is 7.92. The van der Waals surface area contributed by atoms with E-state index in [4.69, 9.17) is 4.74 Å². The number of carbonyl (C=O) groups excluding carboxylic acids is 1. The van der Waals surface area contributed by atoms with E-state index < -0.39 is 10.0 Å². The Bertz CT molecular complexity index is 1030. The molecule has 0 radical (unpaired) electrons. The number of fused-ring (bicyclic) bond motifs is 1. The van der Waals surface area contributed by atoms with Crippen LogP contribution in [0.5, 0.6) is 5.75 Å². The SMILES string of the molecule is CCCCN1C(=O)CCc2cc(NS(=O)(=O)c3cc(C)c(C)cc3OC)ccc21. The lowest BCUT2D eigenvalue weighted by Crippen LogP contribution is -2.35. The van der Waals surface area contributed by atoms with E-state index in [9.17, 15) is 13.2 Å². The number of methoxy groups -OCH3 is 1. The van der Waals surface area contributed by atoms with E-state index in [0.29, 0.717) is 30.8 Å². The number of amides is 1. The number of benzene rings is 2. The summed E-state index contributed by atoms with van der Waals surface area (Å²) in [6, 6.07) is 8.72. The lowest BCUT2D eigenvalue weighted by molar-refractivity contribution is -0.118. The average Bonchev–Trinajstić information content (AvgIpc) is 2.68. The van der Waals surface area contributed by atoms with Gasteiger partial charge in [-0.15, -0.1) is 0 Å². The Hall–Kier alpha value is -2.54. The third-order valence-corrected chi connectivity index (χ3v) is 6.74. The number of nitrogens with zero attached hydrogens (tertiary/aromatic N) is 1. The largest absolute Gasteiger partial charge is 0.495 e. The predicted molar refractivity (Wildman–Crippen MR) is 115 cm³/mol. The van der Waals surface area contributed by atoms with Crippen LogP contribution in [0.25, 0.3) is 0 Å². The van der Waals surface area contributed by atoms with Gasteiger partial charge in [0.25, 0.3) is 10.0 Å². The van der Waals surface area contributed by atoms with E-state index in [-0.39, 0.29) is 10.8 Å². The second-order valence-corrected chi connectivity index (χ2v) is 9.09. The zero-order valence-corrected chi connectivity index (χ0v) is 18.2. The summed E-state index contributed by atoms with van der Waals surface area (Å²) in [5.74, 6) is 0.439. The molecule has 0 atom stereocenters. The van der Waals surface area contributed by atoms with Gasteiger partial charge in [0.2, 0.25) is 5.91 Å². The number of hydrogen-bond acceptors (Lipinski definition) is 4. The normalized spacial score (nSPS) is 13.9. The van der Waals surface area contributed by atoms with Gasteiger partial charge in [0.15, 0.2) is 0 Å². The predicted octanol–water partition coefficient (Wildman–Crippen LogP) is 4.19. The Morgan fingerprint density at radius 2 is 1.83 bits per heavy atom. The van der Waals surface area contributed by atoms with Crippen LogP contribution in [0.4, 0.5) is 11.4 Å². The smallest absolute Gasteiger partial charge is 0.265 e. The first kappa shape index (κ1) is 21.2. The van der Waals surface area contributed by atoms with E-state index >= 15 is 0 Å². The number of unbranched alkanes of at least 4 members (excludes halogenated alkanes) is 1. The minimum atomic E-state index is -3.82. The molecule has 2 aromatic rings. The molecule has 1 aliphatic heterocycles. The van der Waals surface area contributed by atoms with Crippen LogP contribution in [-0.2, 0) is 21.2 Å². The molecule has 0 unspecified atom stereocenters. The fraction of sp³-hybridized carbons (Fsp3) is 0.409. The molecular formula is C22H28N2O4S. The van der Waals surface area contributed by atoms with Crippen LogP contribution in [0.2, 0.25) is 0 Å². The molecule has 0 aliphatic carbocycles. The number of sulfonamides is 1. The number of rotatable bonds is 7. The van der Waals surface area contributed by atoms with Crippen molar-refractivity contribution in [3.05, 3.63) is 47.0 Å². The van der Waals surface area contributed by atoms with Crippen LogP contribution < -0.4 is 14.4 Å². The van der Waals surface area contributed by atoms with Crippen molar-refractivity contribution in [2.45, 2.75) is 51.3 Å². The summed E-state index contributed by atoms with van der Waals surface area (Å²) in [6.07, 6.45) is 3.00. The van der Waals surface area contributed by atoms with Gasteiger partial charge in [-0.25, -0.2) is 8.42 Å². The lowest BCUT2D eigenvalue weighted by Gasteiger charge is -2.30. The van der Waals surface area contributed by atoms with Crippen molar-refractivity contribution in [3.8, 4) is 5.75 Å². The van der Waals surface area contributed by atoms with Gasteiger partial charge in [-0.2, -0.15) is 0 Å². The number of ether oxygens (including phenoxy) is 1. The fourth-order valence-corrected chi connectivity index (χ4v) is 4.81. The van der Waals surface area contributed by atoms with E-state index in [0.717, 1.165) is 35.2 Å². The number of nitrogens with one attached hydrogen (secondary N) is 1. The lowest BCUT2D eigenvalue weighted by atomic mass is 10.00. The van der Waals surface area contributed by atoms with Crippen LogP contribution in [0.3, 0.4) is 0 Å². The van der Waals surface area contributed by atoms with Crippen molar-refractivity contribution in [1.82, 2.24) is 0 Å². The molecule has 0 saturated carbocycles. The van der Waals surface area contributed by atoms with Gasteiger partial charge in [0, 0.05) is 24.3 Å². The van der Waals surface area contributed by atoms with Gasteiger partial charge in [-0.1, -0.05) is 13.3 Å². The molecule has 1 amide bonds. The maximum atomic E-state index is 13.0. The number of anilines is 2. The van der Waals surface area contributed by atoms with Crippen molar-refractivity contribution in [2.24, 2.45) is 0 Å². The highest BCUT2D eigenvalue weighted by Crippen LogP contribution is 2.33. The van der Waals surface area contributed by atoms with Crippen LogP contribution in [0.1, 0.15) is 42.9 Å². The van der Waals surface area contributed by atoms with Gasteiger partial charge in [0.1, 0.15) is 10.6 Å². The molecule has 7 heteroatoms. The Balaban J connectivity index is 1.92. The summed E-state index contributed by atoms with van der Waals surface area (Å²) < 4.78 is 34.0. The maximum Gasteiger partial charge on any atom is 0.265 e. The summed E-state index contributed by atoms with van der Waals surface area (Å²) in [7, 11) is -2.35. The molecular weight excluding hydrogens is 388 g/mol. The molecule has 0 aromatic heterocycles. The van der Waals surface area contributed by atoms with Gasteiger partial charge in [-0.3, -0.25) is 9.52 Å². The van der Waals surface area contributed by atoms with Crippen LogP contribution in [-0.4, -0.2) is 28.0 Å². The monoisotopic (exact) mass is 416 g/mol. The fourth-order valence-electron chi connectivity index (χ4n) is 3.53. The van der Waals surface area contributed by atoms with Gasteiger partial charge >= 0.3 is 0 Å². The third-order valence-electron chi connectivity index (χ3n) is 5.34. The van der Waals surface area contributed by atoms with E-state index in [1.165, 1.54) is 7.11 Å². The summed E-state index contributed by atoms with van der Waals surface area (Å²) in [6.45, 7) is 6.56. The van der Waals surface area contributed by atoms with Crippen molar-refractivity contribution in [1.29, 1.82) is 0 Å². The highest BCUT2D eigenvalue weighted by atomic mass is 32.2. The van der Waals surface area contributed by atoms with Crippen LogP contribution in [0.15, 0.2) is 35.2 Å². The van der Waals surface area contributed by atoms with Crippen molar-refractivity contribution < 1.29 is 17.9 Å². The van der Waals surface area contributed by atoms with Crippen LogP contribution in [0, 0.1) is 13.8 Å². The summed E-state index contributed by atoms with van der Waals surface area (Å²) in [4.78, 5) is 14.2. The number of hydrogen-bond donors (Lipinski definition) is 1. The summed E-state index contributed by atoms with van der Waals surface area (Å²) in [5, 5.41) is 0. The van der Waals surface area contributed by atoms with Crippen LogP contribution >= 0.6 is 0 Å². The molecule has 0 spiro atoms. The van der Waals surface area contributed by atoms with Gasteiger partial charge < -0.3 is 9.64 Å². The molecule has 1 heterocycles. The third kappa shape index (κ3) is 4.40. The standard InChI is InChI=1S/C22H28N2O4S/c1-5-6-11-24-19-9-8-18(14-17(19)7-10-22(24)25)23-29(26,27)21-13-16(3)15(2)12-20(21)28-4/h8-9,12-14,23H,5-7,10-11H2,1-4H3. The summed E-state index contributed by atoms with van der Waals surface area (Å²) in [5.41, 5.74) is 4.18. The first-order chi connectivity index (χ1) is 13.8. The number of carbonyl (C=O) groups is 1. The Morgan fingerprint density at radius 3 is 2.52 bits per heavy atom. The Kier molecular flexibility index (Phi) is 6.17. The second-order valence-electron chi connectivity index (χ2n) is 7.44. The minimum Gasteiger partial charge on any atom is -0.495 e. The molecule has 0 fully saturated rings. The average molecular weight is 417 g/mol.